The quantitative estimate of drug-likeness (QED) is 0.766. The van der Waals surface area contributed by atoms with Gasteiger partial charge >= 0.3 is 0 Å². The third-order valence-electron chi connectivity index (χ3n) is 2.97. The highest BCUT2D eigenvalue weighted by Gasteiger charge is 2.11. The van der Waals surface area contributed by atoms with Gasteiger partial charge in [-0.3, -0.25) is 0 Å². The maximum Gasteiger partial charge on any atom is 0.144 e. The third-order valence-corrected chi connectivity index (χ3v) is 3.75. The van der Waals surface area contributed by atoms with Crippen molar-refractivity contribution in [3.05, 3.63) is 65.5 Å². The first-order valence-corrected chi connectivity index (χ1v) is 7.30. The molecule has 1 unspecified atom stereocenters. The first-order valence-electron chi connectivity index (χ1n) is 6.18. The topological polar surface area (TPSA) is 33.0 Å². The molecule has 2 rings (SSSR count). The lowest BCUT2D eigenvalue weighted by Gasteiger charge is -2.15. The van der Waals surface area contributed by atoms with Gasteiger partial charge in [-0.2, -0.15) is 5.26 Å². The molecule has 0 aliphatic rings. The van der Waals surface area contributed by atoms with E-state index in [9.17, 15) is 4.39 Å². The van der Waals surface area contributed by atoms with Gasteiger partial charge in [-0.1, -0.05) is 46.3 Å². The molecule has 0 amide bonds. The first kappa shape index (κ1) is 14.5. The minimum absolute atomic E-state index is 0.0254. The van der Waals surface area contributed by atoms with Crippen LogP contribution in [0.1, 0.15) is 17.0 Å². The zero-order valence-electron chi connectivity index (χ0n) is 10.7. The molecule has 0 heterocycles. The number of hydrogen-bond acceptors (Lipinski definition) is 2. The number of nitrogens with zero attached hydrogens (tertiary/aromatic N) is 1. The van der Waals surface area contributed by atoms with Gasteiger partial charge in [0.25, 0.3) is 0 Å². The average molecular weight is 334 g/mol. The van der Waals surface area contributed by atoms with Crippen molar-refractivity contribution in [1.29, 1.82) is 5.26 Å². The van der Waals surface area contributed by atoms with Gasteiger partial charge in [-0.25, -0.2) is 4.39 Å². The maximum atomic E-state index is 13.5. The molecule has 0 N–H and O–H groups in total. The van der Waals surface area contributed by atoms with Crippen molar-refractivity contribution in [3.63, 3.8) is 0 Å². The third kappa shape index (κ3) is 3.58. The van der Waals surface area contributed by atoms with Crippen LogP contribution in [-0.4, -0.2) is 11.9 Å². The predicted octanol–water partition coefficient (Wildman–Crippen LogP) is 4.25. The van der Waals surface area contributed by atoms with Gasteiger partial charge in [0.2, 0.25) is 0 Å². The molecule has 0 saturated heterocycles. The fraction of sp³-hybridized carbons (Fsp3) is 0.188. The highest BCUT2D eigenvalue weighted by Crippen LogP contribution is 2.21. The van der Waals surface area contributed by atoms with Crippen molar-refractivity contribution in [2.24, 2.45) is 0 Å². The van der Waals surface area contributed by atoms with Gasteiger partial charge in [0, 0.05) is 17.3 Å². The Labute approximate surface area is 125 Å². The van der Waals surface area contributed by atoms with Crippen molar-refractivity contribution in [2.45, 2.75) is 5.92 Å². The van der Waals surface area contributed by atoms with Crippen LogP contribution in [0.25, 0.3) is 0 Å². The summed E-state index contributed by atoms with van der Waals surface area (Å²) in [6.45, 7) is 0.445. The van der Waals surface area contributed by atoms with E-state index in [1.807, 2.05) is 30.3 Å². The van der Waals surface area contributed by atoms with Crippen molar-refractivity contribution in [3.8, 4) is 11.8 Å². The Kier molecular flexibility index (Phi) is 5.14. The molecule has 2 nitrogen and oxygen atoms in total. The predicted molar refractivity (Wildman–Crippen MR) is 79.6 cm³/mol. The van der Waals surface area contributed by atoms with Gasteiger partial charge in [-0.05, 0) is 17.7 Å². The molecule has 0 bridgehead atoms. The Balaban J connectivity index is 2.04. The van der Waals surface area contributed by atoms with Gasteiger partial charge in [0.1, 0.15) is 17.6 Å². The average Bonchev–Trinajstić information content (AvgIpc) is 2.49. The van der Waals surface area contributed by atoms with Gasteiger partial charge in [0.05, 0.1) is 12.2 Å². The van der Waals surface area contributed by atoms with Crippen LogP contribution in [0.5, 0.6) is 5.75 Å². The molecule has 102 valence electrons. The van der Waals surface area contributed by atoms with Crippen LogP contribution in [0.15, 0.2) is 48.5 Å². The number of halogens is 2. The number of hydrogen-bond donors (Lipinski definition) is 0. The smallest absolute Gasteiger partial charge is 0.144 e. The maximum absolute atomic E-state index is 13.5. The molecular weight excluding hydrogens is 321 g/mol. The van der Waals surface area contributed by atoms with Crippen LogP contribution < -0.4 is 4.74 Å². The summed E-state index contributed by atoms with van der Waals surface area (Å²) in [5.41, 5.74) is 1.19. The monoisotopic (exact) mass is 333 g/mol. The lowest BCUT2D eigenvalue weighted by atomic mass is 10.0. The van der Waals surface area contributed by atoms with Crippen LogP contribution in [0.4, 0.5) is 4.39 Å². The second kappa shape index (κ2) is 7.06. The summed E-state index contributed by atoms with van der Waals surface area (Å²) in [4.78, 5) is 0. The van der Waals surface area contributed by atoms with E-state index in [1.54, 1.807) is 12.1 Å². The van der Waals surface area contributed by atoms with Crippen LogP contribution in [0.3, 0.4) is 0 Å². The van der Waals surface area contributed by atoms with E-state index >= 15 is 0 Å². The molecule has 0 aliphatic heterocycles. The van der Waals surface area contributed by atoms with Crippen molar-refractivity contribution < 1.29 is 9.13 Å². The second-order valence-corrected chi connectivity index (χ2v) is 4.97. The van der Waals surface area contributed by atoms with E-state index < -0.39 is 5.82 Å². The number of nitriles is 1. The fourth-order valence-corrected chi connectivity index (χ4v) is 2.39. The van der Waals surface area contributed by atoms with Crippen LogP contribution in [-0.2, 0) is 0 Å². The molecular formula is C16H13BrFNO. The zero-order valence-corrected chi connectivity index (χ0v) is 12.3. The molecule has 2 aromatic rings. The fourth-order valence-electron chi connectivity index (χ4n) is 1.83. The molecule has 1 atom stereocenters. The molecule has 0 aromatic heterocycles. The van der Waals surface area contributed by atoms with E-state index in [1.165, 1.54) is 17.7 Å². The Bertz CT molecular complexity index is 610. The van der Waals surface area contributed by atoms with Crippen LogP contribution in [0, 0.1) is 17.1 Å². The van der Waals surface area contributed by atoms with E-state index in [0.29, 0.717) is 12.4 Å². The summed E-state index contributed by atoms with van der Waals surface area (Å²) < 4.78 is 19.1. The zero-order chi connectivity index (χ0) is 14.4. The standard InChI is InChI=1S/C16H13BrFNO/c17-9-14(12-4-2-1-3-5-12)11-20-15-7-6-13(10-19)16(18)8-15/h1-8,14H,9,11H2. The minimum Gasteiger partial charge on any atom is -0.493 e. The van der Waals surface area contributed by atoms with Gasteiger partial charge in [-0.15, -0.1) is 0 Å². The van der Waals surface area contributed by atoms with Crippen LogP contribution in [0.2, 0.25) is 0 Å². The summed E-state index contributed by atoms with van der Waals surface area (Å²) in [5.74, 6) is 0.0680. The van der Waals surface area contributed by atoms with Crippen molar-refractivity contribution >= 4 is 15.9 Å². The molecule has 0 saturated carbocycles. The Morgan fingerprint density at radius 1 is 1.20 bits per heavy atom. The summed E-state index contributed by atoms with van der Waals surface area (Å²) >= 11 is 3.47. The molecule has 0 aliphatic carbocycles. The van der Waals surface area contributed by atoms with E-state index in [-0.39, 0.29) is 11.5 Å². The van der Waals surface area contributed by atoms with E-state index in [0.717, 1.165) is 5.33 Å². The highest BCUT2D eigenvalue weighted by molar-refractivity contribution is 9.09. The molecule has 4 heteroatoms. The summed E-state index contributed by atoms with van der Waals surface area (Å²) in [7, 11) is 0. The Morgan fingerprint density at radius 2 is 1.95 bits per heavy atom. The summed E-state index contributed by atoms with van der Waals surface area (Å²) in [5, 5.41) is 9.44. The molecule has 0 spiro atoms. The summed E-state index contributed by atoms with van der Waals surface area (Å²) in [6, 6.07) is 16.1. The van der Waals surface area contributed by atoms with E-state index in [4.69, 9.17) is 10.00 Å². The second-order valence-electron chi connectivity index (χ2n) is 4.33. The van der Waals surface area contributed by atoms with Gasteiger partial charge in [0.15, 0.2) is 0 Å². The lowest BCUT2D eigenvalue weighted by molar-refractivity contribution is 0.296. The van der Waals surface area contributed by atoms with Gasteiger partial charge < -0.3 is 4.74 Å². The van der Waals surface area contributed by atoms with E-state index in [2.05, 4.69) is 15.9 Å². The molecule has 20 heavy (non-hydrogen) atoms. The SMILES string of the molecule is N#Cc1ccc(OCC(CBr)c2ccccc2)cc1F. The first-order chi connectivity index (χ1) is 9.74. The number of ether oxygens (including phenoxy) is 1. The normalized spacial score (nSPS) is 11.7. The lowest BCUT2D eigenvalue weighted by Crippen LogP contribution is -2.11. The highest BCUT2D eigenvalue weighted by atomic mass is 79.9. The molecule has 0 radical (unpaired) electrons. The van der Waals surface area contributed by atoms with Crippen molar-refractivity contribution in [2.75, 3.05) is 11.9 Å². The number of rotatable bonds is 5. The number of alkyl halides is 1. The number of benzene rings is 2. The Morgan fingerprint density at radius 3 is 2.55 bits per heavy atom. The van der Waals surface area contributed by atoms with Crippen molar-refractivity contribution in [1.82, 2.24) is 0 Å². The largest absolute Gasteiger partial charge is 0.493 e. The molecule has 2 aromatic carbocycles. The minimum atomic E-state index is -0.555. The Hall–Kier alpha value is -1.86. The summed E-state index contributed by atoms with van der Waals surface area (Å²) in [6.07, 6.45) is 0. The van der Waals surface area contributed by atoms with Crippen LogP contribution >= 0.6 is 15.9 Å². The molecule has 0 fully saturated rings.